The maximum atomic E-state index is 10.3. The van der Waals surface area contributed by atoms with Gasteiger partial charge < -0.3 is 15.1 Å². The van der Waals surface area contributed by atoms with E-state index in [9.17, 15) is 13.2 Å². The normalized spacial score (nSPS) is 9.41. The number of carbonyl (C=O) groups is 1. The summed E-state index contributed by atoms with van der Waals surface area (Å²) in [5, 5.41) is 2.62. The topological polar surface area (TPSA) is 99.2 Å². The van der Waals surface area contributed by atoms with Gasteiger partial charge >= 0.3 is 10.4 Å². The number of hydrogen-bond donors (Lipinski definition) is 2. The minimum absolute atomic E-state index is 0.0909. The van der Waals surface area contributed by atoms with Gasteiger partial charge in [-0.3, -0.25) is 13.5 Å². The molecule has 0 aromatic heterocycles. The van der Waals surface area contributed by atoms with Crippen molar-refractivity contribution >= 4 is 16.3 Å². The maximum Gasteiger partial charge on any atom is 0.397 e. The van der Waals surface area contributed by atoms with Crippen molar-refractivity contribution in [2.45, 2.75) is 13.3 Å². The Morgan fingerprint density at radius 1 is 1.18 bits per heavy atom. The van der Waals surface area contributed by atoms with Crippen LogP contribution < -0.4 is 5.32 Å². The molecule has 0 aromatic carbocycles. The quantitative estimate of drug-likeness (QED) is 0.566. The van der Waals surface area contributed by atoms with E-state index in [1.54, 1.807) is 0 Å². The summed E-state index contributed by atoms with van der Waals surface area (Å²) in [6.07, 6.45) is 2.25. The van der Waals surface area contributed by atoms with Gasteiger partial charge in [-0.25, -0.2) is 0 Å². The summed E-state index contributed by atoms with van der Waals surface area (Å²) in [6.45, 7) is 6.05. The van der Waals surface area contributed by atoms with E-state index in [0.29, 0.717) is 0 Å². The minimum Gasteiger partial charge on any atom is -0.353 e. The van der Waals surface area contributed by atoms with Gasteiger partial charge in [-0.15, -0.1) is 0 Å². The van der Waals surface area contributed by atoms with Crippen molar-refractivity contribution < 1.29 is 21.9 Å². The molecule has 0 saturated carbocycles. The van der Waals surface area contributed by atoms with E-state index in [0.717, 1.165) is 20.1 Å². The first-order valence-electron chi connectivity index (χ1n) is 6.49. The average molecular weight is 343 g/mol. The summed E-state index contributed by atoms with van der Waals surface area (Å²) in [5.41, 5.74) is 0. The highest BCUT2D eigenvalue weighted by molar-refractivity contribution is 7.80. The van der Waals surface area contributed by atoms with Crippen LogP contribution in [-0.2, 0) is 19.4 Å². The Hall–Kier alpha value is -1.00. The average Bonchev–Trinajstić information content (AvgIpc) is 2.34. The first-order valence-corrected chi connectivity index (χ1v) is 7.85. The zero-order valence-electron chi connectivity index (χ0n) is 15.1. The van der Waals surface area contributed by atoms with Gasteiger partial charge in [-0.05, 0) is 54.8 Å². The molecular weight excluding hydrogens is 310 g/mol. The summed E-state index contributed by atoms with van der Waals surface area (Å²) >= 11 is 0. The Labute approximate surface area is 136 Å². The molecule has 0 fully saturated rings. The number of rotatable bonds is 4. The van der Waals surface area contributed by atoms with Gasteiger partial charge in [0.25, 0.3) is 0 Å². The smallest absolute Gasteiger partial charge is 0.353 e. The second-order valence-electron chi connectivity index (χ2n) is 4.77. The Morgan fingerprint density at radius 3 is 1.59 bits per heavy atom. The second-order valence-corrected chi connectivity index (χ2v) is 5.96. The number of carbonyl (C=O) groups excluding carboxylic acids is 1. The molecule has 2 N–H and O–H groups in total. The van der Waals surface area contributed by atoms with Gasteiger partial charge in [0.15, 0.2) is 0 Å². The van der Waals surface area contributed by atoms with Crippen LogP contribution in [-0.4, -0.2) is 84.6 Å². The molecule has 0 aromatic rings. The van der Waals surface area contributed by atoms with Gasteiger partial charge in [0.2, 0.25) is 5.91 Å². The fourth-order valence-corrected chi connectivity index (χ4v) is 0.320. The van der Waals surface area contributed by atoms with E-state index >= 15 is 0 Å². The lowest BCUT2D eigenvalue weighted by Crippen LogP contribution is -2.20. The first kappa shape index (κ1) is 29.1. The highest BCUT2D eigenvalue weighted by Gasteiger charge is 1.94. The number of amides is 1. The van der Waals surface area contributed by atoms with Crippen LogP contribution >= 0.6 is 0 Å². The van der Waals surface area contributed by atoms with Gasteiger partial charge in [-0.2, -0.15) is 8.42 Å². The fraction of sp³-hybridized carbons (Fsp3) is 0.769. The van der Waals surface area contributed by atoms with Gasteiger partial charge in [0.05, 0.1) is 7.11 Å². The summed E-state index contributed by atoms with van der Waals surface area (Å²) in [4.78, 5) is 14.3. The highest BCUT2D eigenvalue weighted by Crippen LogP contribution is 1.75. The molecule has 0 radical (unpaired) electrons. The van der Waals surface area contributed by atoms with Crippen molar-refractivity contribution in [2.24, 2.45) is 0 Å². The lowest BCUT2D eigenvalue weighted by molar-refractivity contribution is -0.116. The predicted molar refractivity (Wildman–Crippen MR) is 91.3 cm³/mol. The van der Waals surface area contributed by atoms with Crippen molar-refractivity contribution in [3.63, 3.8) is 0 Å². The molecule has 1 amide bonds. The Balaban J connectivity index is -0.000000103. The van der Waals surface area contributed by atoms with Crippen LogP contribution in [0.15, 0.2) is 12.7 Å². The van der Waals surface area contributed by atoms with Crippen LogP contribution in [0.25, 0.3) is 0 Å². The number of nitrogens with zero attached hydrogens (tertiary/aromatic N) is 2. The van der Waals surface area contributed by atoms with Gasteiger partial charge in [0, 0.05) is 6.54 Å². The Bertz CT molecular complexity index is 332. The number of nitrogens with one attached hydrogen (secondary N) is 1. The largest absolute Gasteiger partial charge is 0.397 e. The van der Waals surface area contributed by atoms with E-state index in [2.05, 4.69) is 16.1 Å². The first-order chi connectivity index (χ1) is 9.83. The number of hydrogen-bond acceptors (Lipinski definition) is 6. The molecule has 136 valence electrons. The molecule has 8 nitrogen and oxygen atoms in total. The molecule has 0 unspecified atom stereocenters. The van der Waals surface area contributed by atoms with Crippen molar-refractivity contribution in [1.29, 1.82) is 0 Å². The van der Waals surface area contributed by atoms with E-state index in [1.165, 1.54) is 6.08 Å². The lowest BCUT2D eigenvalue weighted by atomic mass is 10.4. The molecule has 0 atom stereocenters. The maximum absolute atomic E-state index is 10.3. The third kappa shape index (κ3) is 96.2. The molecule has 22 heavy (non-hydrogen) atoms. The van der Waals surface area contributed by atoms with Crippen molar-refractivity contribution in [3.05, 3.63) is 12.7 Å². The molecule has 0 aliphatic heterocycles. The van der Waals surface area contributed by atoms with Crippen LogP contribution in [0.2, 0.25) is 0 Å². The molecule has 0 bridgehead atoms. The molecule has 0 rings (SSSR count). The van der Waals surface area contributed by atoms with Crippen LogP contribution in [0.3, 0.4) is 0 Å². The lowest BCUT2D eigenvalue weighted by Gasteiger charge is -1.94. The molecule has 0 aliphatic rings. The van der Waals surface area contributed by atoms with Gasteiger partial charge in [-0.1, -0.05) is 13.5 Å². The zero-order chi connectivity index (χ0) is 18.8. The third-order valence-electron chi connectivity index (χ3n) is 0.945. The highest BCUT2D eigenvalue weighted by atomic mass is 32.3. The molecule has 0 heterocycles. The molecule has 0 saturated heterocycles. The summed E-state index contributed by atoms with van der Waals surface area (Å²) in [7, 11) is 8.71. The minimum atomic E-state index is -4.16. The van der Waals surface area contributed by atoms with Gasteiger partial charge in [0.1, 0.15) is 0 Å². The second kappa shape index (κ2) is 20.0. The van der Waals surface area contributed by atoms with E-state index in [4.69, 9.17) is 4.55 Å². The van der Waals surface area contributed by atoms with Crippen LogP contribution in [0.4, 0.5) is 0 Å². The Kier molecular flexibility index (Phi) is 26.4. The van der Waals surface area contributed by atoms with E-state index in [-0.39, 0.29) is 5.91 Å². The standard InChI is InChI=1S/C6H11NO.2C3H9N.CH4O4S/c1-3-5-7-6(8)4-2;2*1-4(2)3;1-5-6(2,3)4/h4H,2-3,5H2,1H3,(H,7,8);2*1-3H3;1H3,(H,2,3,4). The van der Waals surface area contributed by atoms with Crippen LogP contribution in [0.5, 0.6) is 0 Å². The summed E-state index contributed by atoms with van der Waals surface area (Å²) in [6, 6.07) is 0. The summed E-state index contributed by atoms with van der Waals surface area (Å²) in [5.74, 6) is -0.0909. The monoisotopic (exact) mass is 343 g/mol. The van der Waals surface area contributed by atoms with Crippen molar-refractivity contribution in [1.82, 2.24) is 15.1 Å². The van der Waals surface area contributed by atoms with Crippen molar-refractivity contribution in [3.8, 4) is 0 Å². The predicted octanol–water partition coefficient (Wildman–Crippen LogP) is 0.490. The van der Waals surface area contributed by atoms with Crippen LogP contribution in [0.1, 0.15) is 13.3 Å². The zero-order valence-corrected chi connectivity index (χ0v) is 15.9. The Morgan fingerprint density at radius 2 is 1.45 bits per heavy atom. The summed E-state index contributed by atoms with van der Waals surface area (Å²) < 4.78 is 29.7. The fourth-order valence-electron chi connectivity index (χ4n) is 0.320. The van der Waals surface area contributed by atoms with E-state index in [1.807, 2.05) is 59.0 Å². The molecular formula is C13H33N3O5S. The van der Waals surface area contributed by atoms with Crippen LogP contribution in [0, 0.1) is 0 Å². The third-order valence-corrected chi connectivity index (χ3v) is 1.37. The molecule has 0 aliphatic carbocycles. The molecule has 0 spiro atoms. The van der Waals surface area contributed by atoms with Crippen molar-refractivity contribution in [2.75, 3.05) is 55.9 Å². The SMILES string of the molecule is C=CC(=O)NCCC.CN(C)C.CN(C)C.COS(=O)(=O)O. The molecule has 9 heteroatoms. The van der Waals surface area contributed by atoms with E-state index < -0.39 is 10.4 Å².